The van der Waals surface area contributed by atoms with Gasteiger partial charge in [-0.05, 0) is 18.8 Å². The third-order valence-electron chi connectivity index (χ3n) is 2.81. The lowest BCUT2D eigenvalue weighted by Gasteiger charge is -2.39. The molecule has 0 radical (unpaired) electrons. The molecule has 0 aliphatic heterocycles. The average molecular weight is 238 g/mol. The van der Waals surface area contributed by atoms with Crippen LogP contribution < -0.4 is 5.32 Å². The number of carbonyl (C=O) groups is 1. The van der Waals surface area contributed by atoms with E-state index in [0.29, 0.717) is 25.3 Å². The van der Waals surface area contributed by atoms with Crippen molar-refractivity contribution in [1.29, 1.82) is 5.26 Å². The third-order valence-corrected chi connectivity index (χ3v) is 3.77. The highest BCUT2D eigenvalue weighted by Crippen LogP contribution is 2.44. The number of rotatable bonds is 6. The first-order valence-electron chi connectivity index (χ1n) is 5.53. The summed E-state index contributed by atoms with van der Waals surface area (Å²) in [4.78, 5) is 11.8. The molecule has 1 aliphatic carbocycles. The fourth-order valence-corrected chi connectivity index (χ4v) is 2.61. The second-order valence-corrected chi connectivity index (χ2v) is 5.48. The van der Waals surface area contributed by atoms with Gasteiger partial charge in [0.1, 0.15) is 5.41 Å². The summed E-state index contributed by atoms with van der Waals surface area (Å²) in [6.07, 6.45) is 3.25. The van der Waals surface area contributed by atoms with Crippen LogP contribution in [0.3, 0.4) is 0 Å². The van der Waals surface area contributed by atoms with Crippen LogP contribution in [0.2, 0.25) is 0 Å². The lowest BCUT2D eigenvalue weighted by atomic mass is 9.63. The summed E-state index contributed by atoms with van der Waals surface area (Å²) >= 11 is 1.72. The number of thioether (sulfide) groups is 1. The zero-order chi connectivity index (χ0) is 12.0. The van der Waals surface area contributed by atoms with Gasteiger partial charge in [-0.3, -0.25) is 4.79 Å². The van der Waals surface area contributed by atoms with Crippen molar-refractivity contribution < 1.29 is 4.79 Å². The molecule has 0 aromatic heterocycles. The van der Waals surface area contributed by atoms with Crippen molar-refractivity contribution in [3.63, 3.8) is 0 Å². The first kappa shape index (κ1) is 13.1. The normalized spacial score (nSPS) is 27.6. The highest BCUT2D eigenvalue weighted by atomic mass is 32.2. The van der Waals surface area contributed by atoms with Crippen molar-refractivity contribution in [3.05, 3.63) is 12.7 Å². The average Bonchev–Trinajstić information content (AvgIpc) is 2.24. The minimum atomic E-state index is -0.734. The van der Waals surface area contributed by atoms with Crippen molar-refractivity contribution >= 4 is 17.7 Å². The van der Waals surface area contributed by atoms with E-state index in [0.717, 1.165) is 11.5 Å². The number of nitrogens with one attached hydrogen (secondary N) is 1. The van der Waals surface area contributed by atoms with Crippen molar-refractivity contribution in [2.45, 2.75) is 19.8 Å². The second kappa shape index (κ2) is 5.95. The fourth-order valence-electron chi connectivity index (χ4n) is 2.03. The third kappa shape index (κ3) is 3.02. The molecule has 1 fully saturated rings. The zero-order valence-corrected chi connectivity index (χ0v) is 10.5. The van der Waals surface area contributed by atoms with Crippen molar-refractivity contribution in [2.24, 2.45) is 11.3 Å². The van der Waals surface area contributed by atoms with E-state index in [1.165, 1.54) is 0 Å². The van der Waals surface area contributed by atoms with Crippen LogP contribution in [-0.4, -0.2) is 24.0 Å². The number of nitrogens with zero attached hydrogens (tertiary/aromatic N) is 1. The Morgan fingerprint density at radius 2 is 2.44 bits per heavy atom. The van der Waals surface area contributed by atoms with Crippen LogP contribution in [0.1, 0.15) is 19.8 Å². The minimum Gasteiger partial charge on any atom is -0.354 e. The Kier molecular flexibility index (Phi) is 4.88. The molecule has 1 aliphatic rings. The van der Waals surface area contributed by atoms with Gasteiger partial charge in [0.25, 0.3) is 0 Å². The zero-order valence-electron chi connectivity index (χ0n) is 9.66. The van der Waals surface area contributed by atoms with Crippen LogP contribution in [0.4, 0.5) is 0 Å². The summed E-state index contributed by atoms with van der Waals surface area (Å²) in [6.45, 7) is 6.33. The van der Waals surface area contributed by atoms with Crippen molar-refractivity contribution in [2.75, 3.05) is 18.1 Å². The molecule has 0 bridgehead atoms. The summed E-state index contributed by atoms with van der Waals surface area (Å²) in [5.41, 5.74) is -0.734. The number of hydrogen-bond donors (Lipinski definition) is 1. The second-order valence-electron chi connectivity index (χ2n) is 4.33. The van der Waals surface area contributed by atoms with Gasteiger partial charge in [-0.15, -0.1) is 6.58 Å². The Hall–Kier alpha value is -0.950. The Balaban J connectivity index is 2.24. The summed E-state index contributed by atoms with van der Waals surface area (Å²) in [5.74, 6) is 2.18. The van der Waals surface area contributed by atoms with Crippen LogP contribution in [0.5, 0.6) is 0 Å². The van der Waals surface area contributed by atoms with E-state index in [1.54, 1.807) is 11.8 Å². The first-order valence-corrected chi connectivity index (χ1v) is 6.68. The number of nitriles is 1. The molecule has 3 nitrogen and oxygen atoms in total. The molecule has 88 valence electrons. The van der Waals surface area contributed by atoms with E-state index in [9.17, 15) is 4.79 Å². The molecule has 0 unspecified atom stereocenters. The predicted octanol–water partition coefficient (Wildman–Crippen LogP) is 1.96. The van der Waals surface area contributed by atoms with Crippen LogP contribution in [-0.2, 0) is 4.79 Å². The molecular weight excluding hydrogens is 220 g/mol. The number of hydrogen-bond acceptors (Lipinski definition) is 3. The lowest BCUT2D eigenvalue weighted by molar-refractivity contribution is -0.133. The Morgan fingerprint density at radius 1 is 1.75 bits per heavy atom. The van der Waals surface area contributed by atoms with Gasteiger partial charge < -0.3 is 5.32 Å². The molecule has 0 saturated heterocycles. The molecular formula is C12H18N2OS. The molecule has 1 amide bonds. The maximum Gasteiger partial charge on any atom is 0.240 e. The van der Waals surface area contributed by atoms with E-state index < -0.39 is 5.41 Å². The molecule has 0 atom stereocenters. The Bertz CT molecular complexity index is 303. The summed E-state index contributed by atoms with van der Waals surface area (Å²) in [5, 5.41) is 11.9. The molecule has 1 saturated carbocycles. The maximum atomic E-state index is 11.8. The van der Waals surface area contributed by atoms with Gasteiger partial charge in [-0.25, -0.2) is 0 Å². The molecule has 4 heteroatoms. The lowest BCUT2D eigenvalue weighted by Crippen LogP contribution is -2.48. The van der Waals surface area contributed by atoms with Gasteiger partial charge >= 0.3 is 0 Å². The molecule has 0 aromatic carbocycles. The molecule has 1 N–H and O–H groups in total. The van der Waals surface area contributed by atoms with Crippen LogP contribution in [0.25, 0.3) is 0 Å². The van der Waals surface area contributed by atoms with E-state index in [2.05, 4.69) is 24.9 Å². The van der Waals surface area contributed by atoms with Crippen LogP contribution in [0, 0.1) is 22.7 Å². The van der Waals surface area contributed by atoms with Crippen LogP contribution >= 0.6 is 11.8 Å². The maximum absolute atomic E-state index is 11.8. The summed E-state index contributed by atoms with van der Waals surface area (Å²) in [6, 6.07) is 2.16. The van der Waals surface area contributed by atoms with Gasteiger partial charge in [0.2, 0.25) is 5.91 Å². The van der Waals surface area contributed by atoms with E-state index in [4.69, 9.17) is 5.26 Å². The summed E-state index contributed by atoms with van der Waals surface area (Å²) in [7, 11) is 0. The molecule has 0 aromatic rings. The largest absolute Gasteiger partial charge is 0.354 e. The van der Waals surface area contributed by atoms with Gasteiger partial charge in [0.05, 0.1) is 6.07 Å². The molecule has 1 rings (SSSR count). The molecule has 16 heavy (non-hydrogen) atoms. The Labute approximate surface area is 101 Å². The van der Waals surface area contributed by atoms with Gasteiger partial charge in [0.15, 0.2) is 0 Å². The van der Waals surface area contributed by atoms with Gasteiger partial charge in [-0.2, -0.15) is 17.0 Å². The van der Waals surface area contributed by atoms with Crippen molar-refractivity contribution in [3.8, 4) is 6.07 Å². The van der Waals surface area contributed by atoms with Gasteiger partial charge in [0, 0.05) is 18.1 Å². The minimum absolute atomic E-state index is 0.0905. The van der Waals surface area contributed by atoms with E-state index in [-0.39, 0.29) is 5.91 Å². The van der Waals surface area contributed by atoms with E-state index >= 15 is 0 Å². The predicted molar refractivity (Wildman–Crippen MR) is 67.0 cm³/mol. The topological polar surface area (TPSA) is 52.9 Å². The van der Waals surface area contributed by atoms with Gasteiger partial charge in [-0.1, -0.05) is 13.0 Å². The van der Waals surface area contributed by atoms with Crippen molar-refractivity contribution in [1.82, 2.24) is 5.32 Å². The SMILES string of the molecule is C=CCSCCNC(=O)C1(C#N)CC(C)C1. The van der Waals surface area contributed by atoms with E-state index in [1.807, 2.05) is 6.08 Å². The molecule has 0 spiro atoms. The monoisotopic (exact) mass is 238 g/mol. The highest BCUT2D eigenvalue weighted by Gasteiger charge is 2.48. The number of amides is 1. The number of carbonyl (C=O) groups excluding carboxylic acids is 1. The first-order chi connectivity index (χ1) is 7.64. The fraction of sp³-hybridized carbons (Fsp3) is 0.667. The van der Waals surface area contributed by atoms with Crippen LogP contribution in [0.15, 0.2) is 12.7 Å². The summed E-state index contributed by atoms with van der Waals surface area (Å²) < 4.78 is 0. The standard InChI is InChI=1S/C12H18N2OS/c1-3-5-16-6-4-14-11(15)12(9-13)7-10(2)8-12/h3,10H,1,4-8H2,2H3,(H,14,15). The smallest absolute Gasteiger partial charge is 0.240 e. The Morgan fingerprint density at radius 3 is 2.94 bits per heavy atom. The quantitative estimate of drug-likeness (QED) is 0.568. The highest BCUT2D eigenvalue weighted by molar-refractivity contribution is 7.99. The molecule has 0 heterocycles.